The quantitative estimate of drug-likeness (QED) is 0.766. The molecule has 4 nitrogen and oxygen atoms in total. The van der Waals surface area contributed by atoms with Crippen molar-refractivity contribution in [3.8, 4) is 18.1 Å². The van der Waals surface area contributed by atoms with Gasteiger partial charge in [0.2, 0.25) is 0 Å². The molecule has 1 heterocycles. The molecule has 4 heteroatoms. The Hall–Kier alpha value is -2.48. The van der Waals surface area contributed by atoms with E-state index in [1.165, 1.54) is 11.1 Å². The zero-order valence-corrected chi connectivity index (χ0v) is 16.4. The minimum atomic E-state index is -0.541. The molecular weight excluding hydrogens is 338 g/mol. The van der Waals surface area contributed by atoms with Crippen molar-refractivity contribution in [2.24, 2.45) is 0 Å². The molecule has 0 saturated heterocycles. The minimum Gasteiger partial charge on any atom is -0.485 e. The summed E-state index contributed by atoms with van der Waals surface area (Å²) < 4.78 is 17.9. The third-order valence-electron chi connectivity index (χ3n) is 4.99. The van der Waals surface area contributed by atoms with Crippen molar-refractivity contribution < 1.29 is 14.2 Å². The maximum absolute atomic E-state index is 6.20. The number of methoxy groups -OCH3 is 1. The highest BCUT2D eigenvalue weighted by atomic mass is 16.6. The van der Waals surface area contributed by atoms with Crippen molar-refractivity contribution in [2.75, 3.05) is 19.0 Å². The first kappa shape index (κ1) is 19.3. The van der Waals surface area contributed by atoms with Crippen molar-refractivity contribution in [1.29, 1.82) is 0 Å². The molecule has 0 amide bonds. The minimum absolute atomic E-state index is 0.220. The fourth-order valence-electron chi connectivity index (χ4n) is 3.53. The summed E-state index contributed by atoms with van der Waals surface area (Å²) in [7, 11) is 1.69. The van der Waals surface area contributed by atoms with Gasteiger partial charge in [-0.15, -0.1) is 6.42 Å². The van der Waals surface area contributed by atoms with Crippen LogP contribution in [0.25, 0.3) is 0 Å². The number of hydrogen-bond acceptors (Lipinski definition) is 4. The van der Waals surface area contributed by atoms with Gasteiger partial charge in [-0.25, -0.2) is 0 Å². The smallest absolute Gasteiger partial charge is 0.132 e. The molecule has 2 unspecified atom stereocenters. The Morgan fingerprint density at radius 2 is 2.00 bits per heavy atom. The highest BCUT2D eigenvalue weighted by Crippen LogP contribution is 2.44. The van der Waals surface area contributed by atoms with Crippen LogP contribution in [0, 0.1) is 19.3 Å². The number of anilines is 1. The molecule has 1 N–H and O–H groups in total. The molecule has 2 aromatic carbocycles. The van der Waals surface area contributed by atoms with Crippen molar-refractivity contribution in [3.63, 3.8) is 0 Å². The molecule has 1 aliphatic heterocycles. The van der Waals surface area contributed by atoms with Crippen LogP contribution in [-0.2, 0) is 16.0 Å². The van der Waals surface area contributed by atoms with E-state index in [1.54, 1.807) is 7.11 Å². The van der Waals surface area contributed by atoms with Crippen LogP contribution < -0.4 is 10.1 Å². The Kier molecular flexibility index (Phi) is 5.74. The maximum Gasteiger partial charge on any atom is 0.132 e. The molecule has 2 atom stereocenters. The van der Waals surface area contributed by atoms with Crippen molar-refractivity contribution in [2.45, 2.75) is 45.1 Å². The second-order valence-electron chi connectivity index (χ2n) is 7.33. The first-order valence-electron chi connectivity index (χ1n) is 9.15. The lowest BCUT2D eigenvalue weighted by Crippen LogP contribution is -2.50. The summed E-state index contributed by atoms with van der Waals surface area (Å²) >= 11 is 0. The number of aryl methyl sites for hydroxylation is 1. The van der Waals surface area contributed by atoms with Crippen LogP contribution in [0.2, 0.25) is 0 Å². The zero-order chi connectivity index (χ0) is 19.4. The molecule has 0 spiro atoms. The van der Waals surface area contributed by atoms with Gasteiger partial charge in [-0.2, -0.15) is 0 Å². The van der Waals surface area contributed by atoms with E-state index in [2.05, 4.69) is 48.5 Å². The highest BCUT2D eigenvalue weighted by molar-refractivity contribution is 5.54. The maximum atomic E-state index is 6.20. The number of rotatable bonds is 6. The van der Waals surface area contributed by atoms with E-state index in [1.807, 2.05) is 26.0 Å². The molecule has 0 bridgehead atoms. The third-order valence-corrected chi connectivity index (χ3v) is 4.99. The molecule has 142 valence electrons. The van der Waals surface area contributed by atoms with Crippen molar-refractivity contribution >= 4 is 5.69 Å². The van der Waals surface area contributed by atoms with Gasteiger partial charge in [-0.05, 0) is 50.1 Å². The lowest BCUT2D eigenvalue weighted by atomic mass is 9.88. The van der Waals surface area contributed by atoms with Crippen molar-refractivity contribution in [3.05, 3.63) is 59.2 Å². The molecule has 0 radical (unpaired) electrons. The standard InChI is InChI=1S/C23H27NO3/c1-6-13-26-22-21(25-5)19-14-18(11-12-20(19)27-23(22,3)4)24-15-17-10-8-7-9-16(17)2/h1,7-12,14,21-22,24H,13,15H2,2-5H3. The molecule has 1 aliphatic rings. The van der Waals surface area contributed by atoms with Gasteiger partial charge in [-0.3, -0.25) is 0 Å². The molecule has 0 saturated carbocycles. The molecule has 0 fully saturated rings. The zero-order valence-electron chi connectivity index (χ0n) is 16.4. The number of terminal acetylenes is 1. The Bertz CT molecular complexity index is 838. The van der Waals surface area contributed by atoms with E-state index < -0.39 is 5.60 Å². The van der Waals surface area contributed by atoms with Crippen LogP contribution in [0.3, 0.4) is 0 Å². The van der Waals surface area contributed by atoms with Crippen LogP contribution in [0.15, 0.2) is 42.5 Å². The Morgan fingerprint density at radius 3 is 2.70 bits per heavy atom. The summed E-state index contributed by atoms with van der Waals surface area (Å²) in [5.41, 5.74) is 3.98. The molecule has 3 rings (SSSR count). The summed E-state index contributed by atoms with van der Waals surface area (Å²) in [6, 6.07) is 14.5. The van der Waals surface area contributed by atoms with Gasteiger partial charge >= 0.3 is 0 Å². The van der Waals surface area contributed by atoms with E-state index >= 15 is 0 Å². The average Bonchev–Trinajstić information content (AvgIpc) is 2.65. The van der Waals surface area contributed by atoms with Crippen LogP contribution in [0.4, 0.5) is 5.69 Å². The summed E-state index contributed by atoms with van der Waals surface area (Å²) in [4.78, 5) is 0. The van der Waals surface area contributed by atoms with E-state index in [-0.39, 0.29) is 18.8 Å². The van der Waals surface area contributed by atoms with Crippen LogP contribution >= 0.6 is 0 Å². The number of ether oxygens (including phenoxy) is 3. The van der Waals surface area contributed by atoms with E-state index in [9.17, 15) is 0 Å². The summed E-state index contributed by atoms with van der Waals surface area (Å²) in [6.07, 6.45) is 4.83. The fourth-order valence-corrected chi connectivity index (χ4v) is 3.53. The van der Waals surface area contributed by atoms with Crippen molar-refractivity contribution in [1.82, 2.24) is 0 Å². The van der Waals surface area contributed by atoms with E-state index in [4.69, 9.17) is 20.6 Å². The van der Waals surface area contributed by atoms with Gasteiger partial charge < -0.3 is 19.5 Å². The largest absolute Gasteiger partial charge is 0.485 e. The van der Waals surface area contributed by atoms with Crippen LogP contribution in [-0.4, -0.2) is 25.4 Å². The normalized spacial score (nSPS) is 20.3. The molecule has 0 aromatic heterocycles. The Morgan fingerprint density at radius 1 is 1.22 bits per heavy atom. The molecular formula is C23H27NO3. The Labute approximate surface area is 161 Å². The number of fused-ring (bicyclic) bond motifs is 1. The lowest BCUT2D eigenvalue weighted by Gasteiger charge is -2.43. The number of nitrogens with one attached hydrogen (secondary N) is 1. The predicted octanol–water partition coefficient (Wildman–Crippen LogP) is 4.48. The van der Waals surface area contributed by atoms with E-state index in [0.717, 1.165) is 23.5 Å². The summed E-state index contributed by atoms with van der Waals surface area (Å²) in [5, 5.41) is 3.49. The molecule has 27 heavy (non-hydrogen) atoms. The first-order chi connectivity index (χ1) is 13.0. The fraction of sp³-hybridized carbons (Fsp3) is 0.391. The topological polar surface area (TPSA) is 39.7 Å². The van der Waals surface area contributed by atoms with Crippen LogP contribution in [0.1, 0.15) is 36.6 Å². The van der Waals surface area contributed by atoms with Gasteiger partial charge in [0.1, 0.15) is 30.2 Å². The van der Waals surface area contributed by atoms with Gasteiger partial charge in [-0.1, -0.05) is 30.2 Å². The number of benzene rings is 2. The average molecular weight is 365 g/mol. The van der Waals surface area contributed by atoms with Crippen LogP contribution in [0.5, 0.6) is 5.75 Å². The van der Waals surface area contributed by atoms with E-state index in [0.29, 0.717) is 0 Å². The monoisotopic (exact) mass is 365 g/mol. The second kappa shape index (κ2) is 8.04. The predicted molar refractivity (Wildman–Crippen MR) is 108 cm³/mol. The first-order valence-corrected chi connectivity index (χ1v) is 9.15. The van der Waals surface area contributed by atoms with Gasteiger partial charge in [0.25, 0.3) is 0 Å². The van der Waals surface area contributed by atoms with Gasteiger partial charge in [0.15, 0.2) is 0 Å². The second-order valence-corrected chi connectivity index (χ2v) is 7.33. The lowest BCUT2D eigenvalue weighted by molar-refractivity contribution is -0.147. The summed E-state index contributed by atoms with van der Waals surface area (Å²) in [6.45, 7) is 7.08. The number of hydrogen-bond donors (Lipinski definition) is 1. The third kappa shape index (κ3) is 4.10. The molecule has 0 aliphatic carbocycles. The van der Waals surface area contributed by atoms with Gasteiger partial charge in [0, 0.05) is 24.9 Å². The Balaban J connectivity index is 1.85. The summed E-state index contributed by atoms with van der Waals surface area (Å²) in [5.74, 6) is 3.34. The molecule has 2 aromatic rings. The van der Waals surface area contributed by atoms with Gasteiger partial charge in [0.05, 0.1) is 0 Å². The highest BCUT2D eigenvalue weighted by Gasteiger charge is 2.45. The SMILES string of the molecule is C#CCOC1C(OC)c2cc(NCc3ccccc3C)ccc2OC1(C)C.